The van der Waals surface area contributed by atoms with Crippen molar-refractivity contribution in [2.24, 2.45) is 5.41 Å². The highest BCUT2D eigenvalue weighted by atomic mass is 16.5. The molecule has 1 amide bonds. The van der Waals surface area contributed by atoms with E-state index in [-0.39, 0.29) is 17.4 Å². The highest BCUT2D eigenvalue weighted by molar-refractivity contribution is 5.92. The van der Waals surface area contributed by atoms with Gasteiger partial charge in [-0.3, -0.25) is 9.48 Å². The summed E-state index contributed by atoms with van der Waals surface area (Å²) in [5, 5.41) is 8.35. The van der Waals surface area contributed by atoms with E-state index in [1.807, 2.05) is 11.0 Å². The monoisotopic (exact) mass is 343 g/mol. The number of ether oxygens (including phenoxy) is 1. The topological polar surface area (TPSA) is 65.2 Å². The Morgan fingerprint density at radius 2 is 2.20 bits per heavy atom. The van der Waals surface area contributed by atoms with Gasteiger partial charge in [-0.2, -0.15) is 0 Å². The van der Waals surface area contributed by atoms with Gasteiger partial charge in [0.1, 0.15) is 0 Å². The van der Waals surface area contributed by atoms with Crippen LogP contribution in [0.25, 0.3) is 0 Å². The summed E-state index contributed by atoms with van der Waals surface area (Å²) < 4.78 is 9.40. The van der Waals surface area contributed by atoms with E-state index in [1.54, 1.807) is 10.9 Å². The van der Waals surface area contributed by atoms with Gasteiger partial charge in [0.2, 0.25) is 0 Å². The van der Waals surface area contributed by atoms with Crippen LogP contribution in [0, 0.1) is 5.41 Å². The number of carbonyl (C=O) groups excluding carboxylic acids is 1. The molecule has 4 heterocycles. The molecule has 7 nitrogen and oxygen atoms in total. The zero-order valence-corrected chi connectivity index (χ0v) is 14.9. The molecule has 1 unspecified atom stereocenters. The molecular formula is C18H25N5O2. The van der Waals surface area contributed by atoms with Crippen molar-refractivity contribution in [3.8, 4) is 0 Å². The largest absolute Gasteiger partial charge is 0.380 e. The molecule has 0 aromatic carbocycles. The Labute approximate surface area is 147 Å². The Morgan fingerprint density at radius 1 is 1.36 bits per heavy atom. The Hall–Kier alpha value is -2.15. The van der Waals surface area contributed by atoms with Crippen LogP contribution in [0.1, 0.15) is 48.9 Å². The molecule has 1 fully saturated rings. The number of nitrogens with zero attached hydrogens (tertiary/aromatic N) is 5. The third-order valence-corrected chi connectivity index (χ3v) is 5.63. The van der Waals surface area contributed by atoms with Crippen molar-refractivity contribution in [1.82, 2.24) is 24.5 Å². The van der Waals surface area contributed by atoms with Crippen molar-refractivity contribution in [2.75, 3.05) is 19.8 Å². The maximum Gasteiger partial charge on any atom is 0.276 e. The summed E-state index contributed by atoms with van der Waals surface area (Å²) in [4.78, 5) is 14.9. The maximum atomic E-state index is 13.0. The van der Waals surface area contributed by atoms with Crippen molar-refractivity contribution in [1.29, 1.82) is 0 Å². The average Bonchev–Trinajstić information content (AvgIpc) is 3.25. The molecule has 0 spiro atoms. The van der Waals surface area contributed by atoms with Crippen LogP contribution in [0.2, 0.25) is 0 Å². The Bertz CT molecular complexity index is 756. The first kappa shape index (κ1) is 16.3. The van der Waals surface area contributed by atoms with E-state index < -0.39 is 0 Å². The van der Waals surface area contributed by atoms with Crippen LogP contribution in [-0.2, 0) is 17.8 Å². The van der Waals surface area contributed by atoms with Gasteiger partial charge in [-0.25, -0.2) is 0 Å². The highest BCUT2D eigenvalue weighted by Crippen LogP contribution is 2.33. The van der Waals surface area contributed by atoms with E-state index >= 15 is 0 Å². The van der Waals surface area contributed by atoms with Crippen LogP contribution in [0.5, 0.6) is 0 Å². The molecule has 2 aliphatic heterocycles. The van der Waals surface area contributed by atoms with Crippen molar-refractivity contribution in [3.05, 3.63) is 35.9 Å². The van der Waals surface area contributed by atoms with Crippen LogP contribution in [0.4, 0.5) is 0 Å². The van der Waals surface area contributed by atoms with Crippen LogP contribution in [0.15, 0.2) is 24.5 Å². The summed E-state index contributed by atoms with van der Waals surface area (Å²) in [7, 11) is 0. The minimum absolute atomic E-state index is 0.0269. The first-order valence-electron chi connectivity index (χ1n) is 9.09. The smallest absolute Gasteiger partial charge is 0.276 e. The van der Waals surface area contributed by atoms with Gasteiger partial charge in [0.25, 0.3) is 5.91 Å². The fourth-order valence-electron chi connectivity index (χ4n) is 3.90. The minimum atomic E-state index is -0.0269. The molecule has 7 heteroatoms. The number of rotatable bonds is 5. The van der Waals surface area contributed by atoms with Crippen molar-refractivity contribution < 1.29 is 9.53 Å². The van der Waals surface area contributed by atoms with Gasteiger partial charge < -0.3 is 14.2 Å². The zero-order valence-electron chi connectivity index (χ0n) is 14.9. The number of fused-ring (bicyclic) bond motifs is 1. The molecule has 134 valence electrons. The van der Waals surface area contributed by atoms with E-state index in [0.717, 1.165) is 39.1 Å². The number of aromatic nitrogens is 4. The van der Waals surface area contributed by atoms with E-state index in [2.05, 4.69) is 41.0 Å². The van der Waals surface area contributed by atoms with Crippen LogP contribution < -0.4 is 0 Å². The van der Waals surface area contributed by atoms with Gasteiger partial charge in [-0.15, -0.1) is 5.10 Å². The lowest BCUT2D eigenvalue weighted by Crippen LogP contribution is -2.45. The summed E-state index contributed by atoms with van der Waals surface area (Å²) in [6.07, 6.45) is 5.80. The number of hydrogen-bond donors (Lipinski definition) is 0. The van der Waals surface area contributed by atoms with Crippen LogP contribution in [-0.4, -0.2) is 50.1 Å². The molecule has 0 N–H and O–H groups in total. The molecule has 2 aromatic heterocycles. The van der Waals surface area contributed by atoms with E-state index in [9.17, 15) is 4.79 Å². The minimum Gasteiger partial charge on any atom is -0.380 e. The summed E-state index contributed by atoms with van der Waals surface area (Å²) in [5.41, 5.74) is 1.78. The van der Waals surface area contributed by atoms with Gasteiger partial charge in [0, 0.05) is 30.4 Å². The van der Waals surface area contributed by atoms with Crippen LogP contribution in [0.3, 0.4) is 0 Å². The number of amides is 1. The van der Waals surface area contributed by atoms with Gasteiger partial charge in [0.05, 0.1) is 32.0 Å². The molecule has 2 aliphatic rings. The van der Waals surface area contributed by atoms with E-state index in [1.165, 1.54) is 5.69 Å². The molecule has 1 atom stereocenters. The Morgan fingerprint density at radius 3 is 2.88 bits per heavy atom. The lowest BCUT2D eigenvalue weighted by atomic mass is 9.83. The second-order valence-electron chi connectivity index (χ2n) is 7.20. The second kappa shape index (κ2) is 6.29. The third kappa shape index (κ3) is 2.76. The van der Waals surface area contributed by atoms with E-state index in [4.69, 9.17) is 4.74 Å². The summed E-state index contributed by atoms with van der Waals surface area (Å²) in [6.45, 7) is 8.09. The van der Waals surface area contributed by atoms with Crippen molar-refractivity contribution >= 4 is 5.91 Å². The van der Waals surface area contributed by atoms with E-state index in [0.29, 0.717) is 12.2 Å². The molecular weight excluding hydrogens is 318 g/mol. The molecule has 2 aromatic rings. The summed E-state index contributed by atoms with van der Waals surface area (Å²) in [6, 6.07) is 4.25. The summed E-state index contributed by atoms with van der Waals surface area (Å²) in [5.74, 6) is -0.0269. The predicted octanol–water partition coefficient (Wildman–Crippen LogP) is 2.11. The fourth-order valence-corrected chi connectivity index (χ4v) is 3.90. The molecule has 25 heavy (non-hydrogen) atoms. The van der Waals surface area contributed by atoms with Crippen molar-refractivity contribution in [2.45, 2.75) is 45.8 Å². The van der Waals surface area contributed by atoms with Gasteiger partial charge >= 0.3 is 0 Å². The summed E-state index contributed by atoms with van der Waals surface area (Å²) >= 11 is 0. The van der Waals surface area contributed by atoms with Gasteiger partial charge in [-0.1, -0.05) is 19.1 Å². The molecule has 0 aliphatic carbocycles. The molecule has 0 bridgehead atoms. The molecule has 0 radical (unpaired) electrons. The molecule has 0 saturated carbocycles. The third-order valence-electron chi connectivity index (χ3n) is 5.63. The second-order valence-corrected chi connectivity index (χ2v) is 7.20. The zero-order chi connectivity index (χ0) is 17.4. The maximum absolute atomic E-state index is 13.0. The average molecular weight is 343 g/mol. The number of hydrogen-bond acceptors (Lipinski definition) is 4. The van der Waals surface area contributed by atoms with Crippen molar-refractivity contribution in [3.63, 3.8) is 0 Å². The van der Waals surface area contributed by atoms with Gasteiger partial charge in [-0.05, 0) is 25.0 Å². The molecule has 4 rings (SSSR count). The van der Waals surface area contributed by atoms with Gasteiger partial charge in [0.15, 0.2) is 5.69 Å². The lowest BCUT2D eigenvalue weighted by molar-refractivity contribution is -0.125. The number of carbonyl (C=O) groups is 1. The SMILES string of the molecule is CCC1c2cccn2CCN1C(=O)c1cn(CC2(CC)COC2)nn1. The first-order valence-corrected chi connectivity index (χ1v) is 9.09. The molecule has 1 saturated heterocycles. The predicted molar refractivity (Wildman–Crippen MR) is 92.1 cm³/mol. The highest BCUT2D eigenvalue weighted by Gasteiger charge is 2.38. The quantitative estimate of drug-likeness (QED) is 0.834. The normalized spacial score (nSPS) is 21.7. The lowest BCUT2D eigenvalue weighted by Gasteiger charge is -2.40. The first-order chi connectivity index (χ1) is 12.2. The Balaban J connectivity index is 1.51. The van der Waals surface area contributed by atoms with Crippen LogP contribution >= 0.6 is 0 Å². The standard InChI is InChI=1S/C18H25N5O2/c1-3-15-16-6-5-7-21(16)8-9-23(15)17(24)14-10-22(20-19-14)11-18(4-2)12-25-13-18/h5-7,10,15H,3-4,8-9,11-13H2,1-2H3. The Kier molecular flexibility index (Phi) is 4.11. The fraction of sp³-hybridized carbons (Fsp3) is 0.611.